The van der Waals surface area contributed by atoms with E-state index in [1.807, 2.05) is 6.07 Å². The van der Waals surface area contributed by atoms with Crippen LogP contribution < -0.4 is 0 Å². The van der Waals surface area contributed by atoms with Crippen LogP contribution in [0.15, 0.2) is 90.0 Å². The summed E-state index contributed by atoms with van der Waals surface area (Å²) >= 11 is 13.3. The zero-order valence-corrected chi connectivity index (χ0v) is 19.4. The highest BCUT2D eigenvalue weighted by Gasteiger charge is 2.35. The van der Waals surface area contributed by atoms with Crippen LogP contribution in [0.3, 0.4) is 0 Å². The first-order valence-corrected chi connectivity index (χ1v) is 12.3. The van der Waals surface area contributed by atoms with Gasteiger partial charge < -0.3 is 0 Å². The molecule has 0 aliphatic heterocycles. The zero-order valence-electron chi connectivity index (χ0n) is 16.3. The van der Waals surface area contributed by atoms with Gasteiger partial charge in [0.1, 0.15) is 9.73 Å². The van der Waals surface area contributed by atoms with E-state index in [9.17, 15) is 16.8 Å². The summed E-state index contributed by atoms with van der Waals surface area (Å²) in [4.78, 5) is -0.780. The summed E-state index contributed by atoms with van der Waals surface area (Å²) < 4.78 is 49.9. The molecule has 0 aromatic heterocycles. The monoisotopic (exact) mass is 500 g/mol. The van der Waals surface area contributed by atoms with Gasteiger partial charge >= 0.3 is 0 Å². The molecule has 4 rings (SSSR count). The lowest BCUT2D eigenvalue weighted by atomic mass is 9.82. The Labute approximate surface area is 198 Å². The Kier molecular flexibility index (Phi) is 6.48. The van der Waals surface area contributed by atoms with Crippen molar-refractivity contribution in [1.82, 2.24) is 0 Å². The molecule has 3 aromatic carbocycles. The Morgan fingerprint density at radius 1 is 0.500 bits per heavy atom. The SMILES string of the molecule is O=S(=O)=C1C(c2ccccc2)=C(c2ccccc2)C(Cl)=C(c2ccccc2Cl)C1=S(=O)=O. The molecule has 0 saturated heterocycles. The molecule has 1 aliphatic carbocycles. The van der Waals surface area contributed by atoms with Crippen molar-refractivity contribution in [2.75, 3.05) is 0 Å². The highest BCUT2D eigenvalue weighted by molar-refractivity contribution is 7.84. The summed E-state index contributed by atoms with van der Waals surface area (Å²) in [5.41, 5.74) is 2.14. The Hall–Kier alpha value is -2.90. The lowest BCUT2D eigenvalue weighted by molar-refractivity contribution is 0.625. The largest absolute Gasteiger partial charge is 0.223 e. The normalized spacial score (nSPS) is 14.1. The van der Waals surface area contributed by atoms with Crippen LogP contribution in [0.25, 0.3) is 16.7 Å². The first kappa shape index (κ1) is 22.3. The van der Waals surface area contributed by atoms with Crippen LogP contribution >= 0.6 is 23.2 Å². The minimum absolute atomic E-state index is 0.0448. The average molecular weight is 501 g/mol. The highest BCUT2D eigenvalue weighted by Crippen LogP contribution is 2.45. The molecule has 160 valence electrons. The van der Waals surface area contributed by atoms with Crippen LogP contribution in [0.2, 0.25) is 5.02 Å². The van der Waals surface area contributed by atoms with E-state index in [1.54, 1.807) is 78.9 Å². The summed E-state index contributed by atoms with van der Waals surface area (Å²) in [6.45, 7) is 0. The van der Waals surface area contributed by atoms with Gasteiger partial charge in [-0.1, -0.05) is 102 Å². The van der Waals surface area contributed by atoms with Crippen molar-refractivity contribution in [1.29, 1.82) is 0 Å². The molecular weight excluding hydrogens is 487 g/mol. The number of allylic oxidation sites excluding steroid dienone is 4. The van der Waals surface area contributed by atoms with Crippen LogP contribution in [-0.4, -0.2) is 26.6 Å². The van der Waals surface area contributed by atoms with E-state index < -0.39 is 25.5 Å². The van der Waals surface area contributed by atoms with Crippen LogP contribution in [0.4, 0.5) is 0 Å². The lowest BCUT2D eigenvalue weighted by Crippen LogP contribution is -2.26. The first-order chi connectivity index (χ1) is 15.4. The fourth-order valence-electron chi connectivity index (χ4n) is 3.65. The van der Waals surface area contributed by atoms with E-state index >= 15 is 0 Å². The fourth-order valence-corrected chi connectivity index (χ4v) is 6.02. The van der Waals surface area contributed by atoms with Crippen molar-refractivity contribution in [2.45, 2.75) is 0 Å². The van der Waals surface area contributed by atoms with Gasteiger partial charge in [0.15, 0.2) is 0 Å². The number of hydrogen-bond acceptors (Lipinski definition) is 4. The fraction of sp³-hybridized carbons (Fsp3) is 0. The Bertz CT molecular complexity index is 1550. The average Bonchev–Trinajstić information content (AvgIpc) is 2.79. The predicted molar refractivity (Wildman–Crippen MR) is 132 cm³/mol. The van der Waals surface area contributed by atoms with E-state index in [1.165, 1.54) is 0 Å². The third-order valence-electron chi connectivity index (χ3n) is 4.95. The van der Waals surface area contributed by atoms with Crippen LogP contribution in [0.5, 0.6) is 0 Å². The second-order valence-electron chi connectivity index (χ2n) is 6.78. The van der Waals surface area contributed by atoms with Crippen molar-refractivity contribution in [3.8, 4) is 0 Å². The third kappa shape index (κ3) is 3.98. The summed E-state index contributed by atoms with van der Waals surface area (Å²) in [5, 5.41) is 0.340. The van der Waals surface area contributed by atoms with Gasteiger partial charge in [0.25, 0.3) is 0 Å². The molecule has 8 heteroatoms. The van der Waals surface area contributed by atoms with Crippen LogP contribution in [0, 0.1) is 0 Å². The summed E-state index contributed by atoms with van der Waals surface area (Å²) in [5.74, 6) is 0. The van der Waals surface area contributed by atoms with Gasteiger partial charge in [-0.3, -0.25) is 0 Å². The van der Waals surface area contributed by atoms with Crippen LogP contribution in [-0.2, 0) is 20.6 Å². The standard InChI is InChI=1S/C24H14Cl2O4S2/c25-18-14-8-7-13-17(18)21-22(26)19(15-9-3-1-4-10-15)20(16-11-5-2-6-12-16)23(31(27)28)24(21)32(29)30/h1-14H. The molecule has 0 amide bonds. The maximum absolute atomic E-state index is 12.5. The smallest absolute Gasteiger partial charge is 0.184 e. The van der Waals surface area contributed by atoms with Crippen molar-refractivity contribution in [3.05, 3.63) is 112 Å². The molecule has 0 bridgehead atoms. The van der Waals surface area contributed by atoms with Gasteiger partial charge in [-0.2, -0.15) is 16.8 Å². The Morgan fingerprint density at radius 3 is 1.44 bits per heavy atom. The van der Waals surface area contributed by atoms with Gasteiger partial charge in [0.05, 0.1) is 5.03 Å². The molecule has 0 saturated carbocycles. The van der Waals surface area contributed by atoms with E-state index in [2.05, 4.69) is 0 Å². The molecule has 0 unspecified atom stereocenters. The maximum atomic E-state index is 12.5. The molecule has 0 spiro atoms. The minimum atomic E-state index is -2.93. The highest BCUT2D eigenvalue weighted by atomic mass is 35.5. The molecule has 0 radical (unpaired) electrons. The molecule has 3 aromatic rings. The minimum Gasteiger partial charge on any atom is -0.184 e. The Balaban J connectivity index is 2.29. The summed E-state index contributed by atoms with van der Waals surface area (Å²) in [6.07, 6.45) is 0. The van der Waals surface area contributed by atoms with Gasteiger partial charge in [-0.25, -0.2) is 0 Å². The predicted octanol–water partition coefficient (Wildman–Crippen LogP) is 5.02. The summed E-state index contributed by atoms with van der Waals surface area (Å²) in [7, 11) is -5.83. The van der Waals surface area contributed by atoms with Gasteiger partial charge in [-0.05, 0) is 17.2 Å². The quantitative estimate of drug-likeness (QED) is 0.473. The zero-order chi connectivity index (χ0) is 22.8. The maximum Gasteiger partial charge on any atom is 0.223 e. The van der Waals surface area contributed by atoms with E-state index in [0.717, 1.165) is 0 Å². The summed E-state index contributed by atoms with van der Waals surface area (Å²) in [6, 6.07) is 24.2. The van der Waals surface area contributed by atoms with Gasteiger partial charge in [0.2, 0.25) is 20.6 Å². The van der Waals surface area contributed by atoms with Crippen LogP contribution in [0.1, 0.15) is 16.7 Å². The van der Waals surface area contributed by atoms with Gasteiger partial charge in [-0.15, -0.1) is 0 Å². The molecule has 0 fully saturated rings. The molecule has 32 heavy (non-hydrogen) atoms. The number of rotatable bonds is 3. The molecule has 0 heterocycles. The van der Waals surface area contributed by atoms with E-state index in [4.69, 9.17) is 23.2 Å². The molecule has 1 aliphatic rings. The van der Waals surface area contributed by atoms with E-state index in [-0.39, 0.29) is 26.1 Å². The molecule has 0 atom stereocenters. The molecule has 4 nitrogen and oxygen atoms in total. The second kappa shape index (κ2) is 9.30. The first-order valence-electron chi connectivity index (χ1n) is 9.35. The number of hydrogen-bond donors (Lipinski definition) is 0. The van der Waals surface area contributed by atoms with E-state index in [0.29, 0.717) is 22.3 Å². The molecule has 0 N–H and O–H groups in total. The topological polar surface area (TPSA) is 68.3 Å². The third-order valence-corrected chi connectivity index (χ3v) is 7.27. The molecular formula is C24H14Cl2O4S2. The Morgan fingerprint density at radius 2 is 0.938 bits per heavy atom. The van der Waals surface area contributed by atoms with Crippen molar-refractivity contribution < 1.29 is 16.8 Å². The van der Waals surface area contributed by atoms with Gasteiger partial charge in [0, 0.05) is 27.3 Å². The second-order valence-corrected chi connectivity index (χ2v) is 9.32. The van der Waals surface area contributed by atoms with Crippen molar-refractivity contribution >= 4 is 70.2 Å². The number of benzene rings is 3. The van der Waals surface area contributed by atoms with Crippen molar-refractivity contribution in [2.24, 2.45) is 0 Å². The number of halogens is 2. The lowest BCUT2D eigenvalue weighted by Gasteiger charge is -2.25. The van der Waals surface area contributed by atoms with Crippen molar-refractivity contribution in [3.63, 3.8) is 0 Å².